The number of hydrogen-bond donors (Lipinski definition) is 5. The van der Waals surface area contributed by atoms with Crippen molar-refractivity contribution in [2.75, 3.05) is 13.2 Å². The summed E-state index contributed by atoms with van der Waals surface area (Å²) in [5.74, 6) is -1.63. The second-order valence-corrected chi connectivity index (χ2v) is 2.54. The number of aliphatic hydroxyl groups is 4. The Balaban J connectivity index is 4.23. The van der Waals surface area contributed by atoms with E-state index in [4.69, 9.17) is 25.5 Å². The second-order valence-electron chi connectivity index (χ2n) is 2.54. The van der Waals surface area contributed by atoms with Gasteiger partial charge in [0.15, 0.2) is 5.60 Å². The van der Waals surface area contributed by atoms with Crippen LogP contribution >= 0.6 is 0 Å². The summed E-state index contributed by atoms with van der Waals surface area (Å²) < 4.78 is 0. The third-order valence-electron chi connectivity index (χ3n) is 1.44. The molecule has 0 saturated carbocycles. The molecule has 72 valence electrons. The molecule has 0 fully saturated rings. The molecule has 0 aliphatic carbocycles. The summed E-state index contributed by atoms with van der Waals surface area (Å²) in [7, 11) is 0. The molecule has 6 nitrogen and oxygen atoms in total. The van der Waals surface area contributed by atoms with E-state index in [1.165, 1.54) is 0 Å². The minimum absolute atomic E-state index is 0.602. The molecular weight excluding hydrogens is 168 g/mol. The first-order valence-corrected chi connectivity index (χ1v) is 3.32. The summed E-state index contributed by atoms with van der Waals surface area (Å²) in [5, 5.41) is 43.1. The molecule has 0 aromatic heterocycles. The van der Waals surface area contributed by atoms with Gasteiger partial charge in [0, 0.05) is 6.42 Å². The molecule has 6 heteroatoms. The van der Waals surface area contributed by atoms with Gasteiger partial charge in [0.1, 0.15) is 0 Å². The van der Waals surface area contributed by atoms with Gasteiger partial charge in [0.05, 0.1) is 19.3 Å². The van der Waals surface area contributed by atoms with E-state index in [-0.39, 0.29) is 0 Å². The summed E-state index contributed by atoms with van der Waals surface area (Å²) in [4.78, 5) is 10.3. The van der Waals surface area contributed by atoms with Crippen LogP contribution in [-0.4, -0.2) is 56.4 Å². The topological polar surface area (TPSA) is 118 Å². The summed E-state index contributed by atoms with van der Waals surface area (Å²) >= 11 is 0. The number of hydrogen-bond acceptors (Lipinski definition) is 5. The number of rotatable bonds is 5. The zero-order chi connectivity index (χ0) is 9.78. The van der Waals surface area contributed by atoms with Crippen LogP contribution in [0.1, 0.15) is 6.42 Å². The van der Waals surface area contributed by atoms with Gasteiger partial charge >= 0.3 is 5.97 Å². The first-order chi connectivity index (χ1) is 5.46. The van der Waals surface area contributed by atoms with Crippen LogP contribution in [-0.2, 0) is 4.79 Å². The highest BCUT2D eigenvalue weighted by molar-refractivity contribution is 5.77. The van der Waals surface area contributed by atoms with E-state index >= 15 is 0 Å². The van der Waals surface area contributed by atoms with Crippen LogP contribution < -0.4 is 0 Å². The maximum atomic E-state index is 10.3. The summed E-state index contributed by atoms with van der Waals surface area (Å²) in [5.41, 5.74) is -2.37. The highest BCUT2D eigenvalue weighted by Gasteiger charge is 2.37. The number of carboxylic acid groups (broad SMARTS) is 1. The lowest BCUT2D eigenvalue weighted by molar-refractivity contribution is -0.167. The van der Waals surface area contributed by atoms with Gasteiger partial charge in [0.25, 0.3) is 0 Å². The molecule has 0 aliphatic rings. The fourth-order valence-electron chi connectivity index (χ4n) is 0.674. The molecule has 5 N–H and O–H groups in total. The Bertz CT molecular complexity index is 158. The Morgan fingerprint density at radius 1 is 1.42 bits per heavy atom. The first-order valence-electron chi connectivity index (χ1n) is 3.32. The van der Waals surface area contributed by atoms with E-state index in [0.717, 1.165) is 0 Å². The van der Waals surface area contributed by atoms with Crippen molar-refractivity contribution in [2.45, 2.75) is 18.1 Å². The third kappa shape index (κ3) is 2.74. The molecule has 0 spiro atoms. The van der Waals surface area contributed by atoms with Crippen molar-refractivity contribution >= 4 is 5.97 Å². The van der Waals surface area contributed by atoms with Crippen LogP contribution in [0.3, 0.4) is 0 Å². The van der Waals surface area contributed by atoms with Crippen LogP contribution in [0, 0.1) is 0 Å². The van der Waals surface area contributed by atoms with Crippen molar-refractivity contribution in [3.8, 4) is 0 Å². The van der Waals surface area contributed by atoms with Crippen LogP contribution in [0.2, 0.25) is 0 Å². The van der Waals surface area contributed by atoms with Crippen molar-refractivity contribution in [3.05, 3.63) is 0 Å². The quantitative estimate of drug-likeness (QED) is 0.320. The van der Waals surface area contributed by atoms with E-state index in [9.17, 15) is 4.79 Å². The van der Waals surface area contributed by atoms with E-state index in [1.54, 1.807) is 0 Å². The number of carbonyl (C=O) groups is 1. The van der Waals surface area contributed by atoms with Crippen LogP contribution in [0.25, 0.3) is 0 Å². The zero-order valence-corrected chi connectivity index (χ0v) is 6.34. The van der Waals surface area contributed by atoms with Gasteiger partial charge in [-0.05, 0) is 0 Å². The maximum Gasteiger partial charge on any atom is 0.338 e. The Hall–Kier alpha value is -0.690. The first kappa shape index (κ1) is 11.3. The lowest BCUT2D eigenvalue weighted by Crippen LogP contribution is -2.45. The SMILES string of the molecule is O=C(O)C(O)(CO)C[C@H](O)CO. The maximum absolute atomic E-state index is 10.3. The average molecular weight is 180 g/mol. The highest BCUT2D eigenvalue weighted by Crippen LogP contribution is 2.12. The van der Waals surface area contributed by atoms with Gasteiger partial charge < -0.3 is 25.5 Å². The molecule has 2 atom stereocenters. The van der Waals surface area contributed by atoms with Crippen molar-refractivity contribution < 1.29 is 30.3 Å². The smallest absolute Gasteiger partial charge is 0.338 e. The molecule has 0 saturated heterocycles. The predicted octanol–water partition coefficient (Wildman–Crippen LogP) is -2.46. The van der Waals surface area contributed by atoms with Gasteiger partial charge in [-0.3, -0.25) is 0 Å². The molecule has 0 radical (unpaired) electrons. The minimum Gasteiger partial charge on any atom is -0.479 e. The summed E-state index contributed by atoms with van der Waals surface area (Å²) in [6.07, 6.45) is -1.95. The molecule has 0 aliphatic heterocycles. The number of carboxylic acids is 1. The van der Waals surface area contributed by atoms with Gasteiger partial charge in [-0.2, -0.15) is 0 Å². The molecule has 1 unspecified atom stereocenters. The standard InChI is InChI=1S/C6H12O6/c7-2-4(9)1-6(12,3-8)5(10)11/h4,7-9,12H,1-3H2,(H,10,11)/t4-,6?/m0/s1. The van der Waals surface area contributed by atoms with Crippen molar-refractivity contribution in [2.24, 2.45) is 0 Å². The van der Waals surface area contributed by atoms with Crippen molar-refractivity contribution in [1.82, 2.24) is 0 Å². The lowest BCUT2D eigenvalue weighted by atomic mass is 9.98. The van der Waals surface area contributed by atoms with Crippen LogP contribution in [0.4, 0.5) is 0 Å². The van der Waals surface area contributed by atoms with E-state index < -0.39 is 37.3 Å². The fraction of sp³-hybridized carbons (Fsp3) is 0.833. The van der Waals surface area contributed by atoms with E-state index in [1.807, 2.05) is 0 Å². The van der Waals surface area contributed by atoms with Crippen molar-refractivity contribution in [3.63, 3.8) is 0 Å². The van der Waals surface area contributed by atoms with E-state index in [0.29, 0.717) is 0 Å². The number of aliphatic hydroxyl groups excluding tert-OH is 3. The Kier molecular flexibility index (Phi) is 4.11. The number of aliphatic carboxylic acids is 1. The summed E-state index contributed by atoms with van der Waals surface area (Å²) in [6.45, 7) is -1.66. The molecule has 0 bridgehead atoms. The Labute approximate surface area is 68.7 Å². The molecule has 0 aromatic rings. The average Bonchev–Trinajstić information content (AvgIpc) is 2.03. The van der Waals surface area contributed by atoms with Gasteiger partial charge in [0.2, 0.25) is 0 Å². The molecule has 0 rings (SSSR count). The molecule has 0 amide bonds. The molecule has 12 heavy (non-hydrogen) atoms. The Morgan fingerprint density at radius 3 is 2.17 bits per heavy atom. The normalized spacial score (nSPS) is 18.3. The van der Waals surface area contributed by atoms with Gasteiger partial charge in [-0.1, -0.05) is 0 Å². The minimum atomic E-state index is -2.37. The van der Waals surface area contributed by atoms with Gasteiger partial charge in [-0.15, -0.1) is 0 Å². The van der Waals surface area contributed by atoms with E-state index in [2.05, 4.69) is 0 Å². The monoisotopic (exact) mass is 180 g/mol. The van der Waals surface area contributed by atoms with Crippen LogP contribution in [0.5, 0.6) is 0 Å². The predicted molar refractivity (Wildman–Crippen MR) is 37.4 cm³/mol. The third-order valence-corrected chi connectivity index (χ3v) is 1.44. The summed E-state index contributed by atoms with van der Waals surface area (Å²) in [6, 6.07) is 0. The second kappa shape index (κ2) is 4.36. The molecule has 0 aromatic carbocycles. The lowest BCUT2D eigenvalue weighted by Gasteiger charge is -2.22. The highest BCUT2D eigenvalue weighted by atomic mass is 16.4. The zero-order valence-electron chi connectivity index (χ0n) is 6.34. The molecular formula is C6H12O6. The Morgan fingerprint density at radius 2 is 1.92 bits per heavy atom. The fourth-order valence-corrected chi connectivity index (χ4v) is 0.674. The van der Waals surface area contributed by atoms with Gasteiger partial charge in [-0.25, -0.2) is 4.79 Å². The molecule has 0 heterocycles. The largest absolute Gasteiger partial charge is 0.479 e. The van der Waals surface area contributed by atoms with Crippen LogP contribution in [0.15, 0.2) is 0 Å². The van der Waals surface area contributed by atoms with Crippen molar-refractivity contribution in [1.29, 1.82) is 0 Å².